The third-order valence-electron chi connectivity index (χ3n) is 18.0. The number of esters is 1. The van der Waals surface area contributed by atoms with Gasteiger partial charge in [0.1, 0.15) is 5.78 Å². The second kappa shape index (κ2) is 28.0. The van der Waals surface area contributed by atoms with Crippen LogP contribution >= 0.6 is 0 Å². The molecule has 14 heteroatoms. The van der Waals surface area contributed by atoms with Crippen molar-refractivity contribution in [2.75, 3.05) is 34.4 Å². The Morgan fingerprint density at radius 3 is 2.11 bits per heavy atom. The van der Waals surface area contributed by atoms with E-state index in [0.717, 1.165) is 69.8 Å². The molecule has 2 aliphatic heterocycles. The largest absolute Gasteiger partial charge is 0.481 e. The molecule has 0 spiro atoms. The maximum Gasteiger partial charge on any atom is 0.307 e. The lowest BCUT2D eigenvalue weighted by atomic mass is 9.83. The Balaban J connectivity index is 1.01. The van der Waals surface area contributed by atoms with Gasteiger partial charge in [0.25, 0.3) is 0 Å². The monoisotopic (exact) mass is 1030 g/mol. The number of hydrogen-bond acceptors (Lipinski definition) is 10. The number of hydrogen-bond donors (Lipinski definition) is 1. The van der Waals surface area contributed by atoms with Crippen molar-refractivity contribution < 1.29 is 52.9 Å². The molecule has 0 radical (unpaired) electrons. The lowest BCUT2D eigenvalue weighted by molar-refractivity contribution is -0.150. The lowest BCUT2D eigenvalue weighted by Crippen LogP contribution is -2.54. The van der Waals surface area contributed by atoms with Gasteiger partial charge in [0, 0.05) is 84.2 Å². The number of unbranched alkanes of at least 4 members (excludes halogenated alkanes) is 3. The van der Waals surface area contributed by atoms with Gasteiger partial charge in [0.05, 0.1) is 49.3 Å². The van der Waals surface area contributed by atoms with E-state index in [1.165, 1.54) is 7.11 Å². The third-order valence-corrected chi connectivity index (χ3v) is 18.0. The Morgan fingerprint density at radius 1 is 0.811 bits per heavy atom. The van der Waals surface area contributed by atoms with E-state index in [-0.39, 0.29) is 84.7 Å². The number of aliphatic carboxylic acids is 1. The Morgan fingerprint density at radius 2 is 1.49 bits per heavy atom. The summed E-state index contributed by atoms with van der Waals surface area (Å²) < 4.78 is 17.8. The number of carboxylic acid groups (broad SMARTS) is 1. The second-order valence-corrected chi connectivity index (χ2v) is 23.0. The summed E-state index contributed by atoms with van der Waals surface area (Å²) in [6.45, 7) is 10.7. The number of benzene rings is 1. The van der Waals surface area contributed by atoms with E-state index in [4.69, 9.17) is 14.2 Å². The minimum atomic E-state index is -1.04. The molecule has 2 bridgehead atoms. The maximum absolute atomic E-state index is 14.8. The number of fused-ring (bicyclic) bond motifs is 3. The van der Waals surface area contributed by atoms with Gasteiger partial charge in [-0.1, -0.05) is 84.2 Å². The highest BCUT2D eigenvalue weighted by Crippen LogP contribution is 2.52. The Labute approximate surface area is 442 Å². The zero-order valence-corrected chi connectivity index (χ0v) is 46.0. The average molecular weight is 1030 g/mol. The van der Waals surface area contributed by atoms with E-state index in [2.05, 4.69) is 11.8 Å². The number of ketones is 2. The van der Waals surface area contributed by atoms with E-state index in [1.807, 2.05) is 62.9 Å². The van der Waals surface area contributed by atoms with Gasteiger partial charge in [0.15, 0.2) is 5.78 Å². The van der Waals surface area contributed by atoms with Crippen molar-refractivity contribution in [2.24, 2.45) is 53.3 Å². The maximum atomic E-state index is 14.8. The van der Waals surface area contributed by atoms with Crippen LogP contribution in [0.3, 0.4) is 0 Å². The Bertz CT molecular complexity index is 2120. The van der Waals surface area contributed by atoms with Crippen LogP contribution in [-0.4, -0.2) is 132 Å². The number of likely N-dealkylation sites (tertiary alicyclic amines) is 2. The van der Waals surface area contributed by atoms with Gasteiger partial charge in [-0.25, -0.2) is 0 Å². The Hall–Kier alpha value is -4.61. The van der Waals surface area contributed by atoms with Gasteiger partial charge in [0.2, 0.25) is 17.7 Å². The number of nitrogens with zero attached hydrogens (tertiary/aromatic N) is 3. The summed E-state index contributed by atoms with van der Waals surface area (Å²) in [4.78, 5) is 102. The van der Waals surface area contributed by atoms with Gasteiger partial charge >= 0.3 is 11.9 Å². The fraction of sp³-hybridized carbons (Fsp3) is 0.750. The molecule has 74 heavy (non-hydrogen) atoms. The molecule has 6 rings (SSSR count). The molecule has 5 aliphatic rings. The standard InChI is InChI=1S/C60H89N3O11/c1-9-39(4)56(52(72-7)36-54(67)62-31-21-26-49(62)58(73-8)40(5)50(64)34-43(60(70)71)32-41-22-15-14-16-23-41)61(6)59(69)47(38(2)3)35-51(65)57-42-29-30-44(33-42)63(57)53(66)27-19-12-13-20-28-55(68)74-37-48-45-24-17-10-11-18-25-46(45)48/h14-16,22-23,38-40,42-49,52,56-58H,9,12-13,17-21,24-37H2,1-8H3,(H,70,71)/t39-,40-,42-,43+,44+,45-,46+,47-,48?,49-,52+,56-,57-,58+/m0/s1. The van der Waals surface area contributed by atoms with Crippen molar-refractivity contribution in [3.05, 3.63) is 35.9 Å². The zero-order valence-electron chi connectivity index (χ0n) is 46.0. The van der Waals surface area contributed by atoms with E-state index in [1.54, 1.807) is 30.9 Å². The highest BCUT2D eigenvalue weighted by molar-refractivity contribution is 5.94. The van der Waals surface area contributed by atoms with Crippen LogP contribution in [0.25, 0.3) is 0 Å². The first-order valence-corrected chi connectivity index (χ1v) is 28.4. The number of ether oxygens (including phenoxy) is 3. The lowest BCUT2D eigenvalue weighted by Gasteiger charge is -2.41. The van der Waals surface area contributed by atoms with Crippen molar-refractivity contribution in [3.8, 4) is 11.8 Å². The second-order valence-electron chi connectivity index (χ2n) is 23.0. The van der Waals surface area contributed by atoms with Crippen molar-refractivity contribution in [1.82, 2.24) is 14.7 Å². The highest BCUT2D eigenvalue weighted by Gasteiger charge is 2.52. The molecule has 3 aliphatic carbocycles. The van der Waals surface area contributed by atoms with Gasteiger partial charge in [-0.05, 0) is 105 Å². The minimum absolute atomic E-state index is 0.00406. The number of carbonyl (C=O) groups is 7. The number of likely N-dealkylation sites (N-methyl/N-ethyl adjacent to an activating group) is 1. The van der Waals surface area contributed by atoms with Crippen LogP contribution in [0.2, 0.25) is 0 Å². The molecular weight excluding hydrogens is 939 g/mol. The molecule has 1 aromatic rings. The first kappa shape index (κ1) is 58.6. The average Bonchev–Trinajstić information content (AvgIpc) is 3.81. The van der Waals surface area contributed by atoms with E-state index in [9.17, 15) is 38.7 Å². The van der Waals surface area contributed by atoms with Crippen LogP contribution in [-0.2, 0) is 54.2 Å². The first-order chi connectivity index (χ1) is 35.5. The summed E-state index contributed by atoms with van der Waals surface area (Å²) in [5.74, 6) is 3.99. The molecule has 0 aromatic heterocycles. The molecule has 1 unspecified atom stereocenters. The summed E-state index contributed by atoms with van der Waals surface area (Å²) in [6, 6.07) is 7.83. The summed E-state index contributed by atoms with van der Waals surface area (Å²) in [6.07, 6.45) is 11.2. The van der Waals surface area contributed by atoms with E-state index < -0.39 is 54.1 Å². The van der Waals surface area contributed by atoms with Crippen LogP contribution in [0.4, 0.5) is 0 Å². The third kappa shape index (κ3) is 14.9. The predicted molar refractivity (Wildman–Crippen MR) is 282 cm³/mol. The SMILES string of the molecule is CC[C@H](C)[C@@H]([C@@H](CC(=O)N1CCC[C@H]1[C@H](OC)[C@@H](C)C(=O)C[C@@H](Cc1ccccc1)C(=O)O)OC)N(C)C(=O)[C@@H](CC(=O)[C@@H]1[C@H]2CC[C@H](C2)N1C(=O)CCCCCCC(=O)OCC1[C@H]2CCC#CCC[C@@H]12)C(C)C. The van der Waals surface area contributed by atoms with E-state index >= 15 is 0 Å². The molecule has 2 heterocycles. The fourth-order valence-electron chi connectivity index (χ4n) is 13.5. The summed E-state index contributed by atoms with van der Waals surface area (Å²) >= 11 is 0. The number of rotatable bonds is 30. The number of methoxy groups -OCH3 is 2. The molecule has 1 N–H and O–H groups in total. The van der Waals surface area contributed by atoms with Crippen LogP contribution in [0.15, 0.2) is 30.3 Å². The summed E-state index contributed by atoms with van der Waals surface area (Å²) in [5.41, 5.74) is 0.839. The molecule has 2 saturated carbocycles. The topological polar surface area (TPSA) is 177 Å². The smallest absolute Gasteiger partial charge is 0.307 e. The molecule has 4 fully saturated rings. The fourth-order valence-corrected chi connectivity index (χ4v) is 13.5. The first-order valence-electron chi connectivity index (χ1n) is 28.4. The molecule has 1 aromatic carbocycles. The molecular formula is C60H89N3O11. The predicted octanol–water partition coefficient (Wildman–Crippen LogP) is 8.74. The van der Waals surface area contributed by atoms with Crippen molar-refractivity contribution >= 4 is 41.2 Å². The van der Waals surface area contributed by atoms with Gasteiger partial charge in [-0.15, -0.1) is 11.8 Å². The number of carbonyl (C=O) groups excluding carboxylic acids is 6. The number of amides is 3. The molecule has 2 saturated heterocycles. The van der Waals surface area contributed by atoms with Crippen molar-refractivity contribution in [1.29, 1.82) is 0 Å². The van der Waals surface area contributed by atoms with Crippen molar-refractivity contribution in [2.45, 2.75) is 199 Å². The van der Waals surface area contributed by atoms with Gasteiger partial charge in [-0.3, -0.25) is 33.6 Å². The number of Topliss-reactive ketones (excluding diaryl/α,β-unsaturated/α-hetero) is 2. The number of piperidine rings is 1. The summed E-state index contributed by atoms with van der Waals surface area (Å²) in [5, 5.41) is 10.0. The van der Waals surface area contributed by atoms with E-state index in [0.29, 0.717) is 69.4 Å². The van der Waals surface area contributed by atoms with Crippen LogP contribution < -0.4 is 0 Å². The molecule has 14 nitrogen and oxygen atoms in total. The highest BCUT2D eigenvalue weighted by atomic mass is 16.5. The van der Waals surface area contributed by atoms with Gasteiger partial charge in [-0.2, -0.15) is 0 Å². The zero-order chi connectivity index (χ0) is 53.6. The quantitative estimate of drug-likeness (QED) is 0.0443. The van der Waals surface area contributed by atoms with Crippen LogP contribution in [0.1, 0.15) is 162 Å². The van der Waals surface area contributed by atoms with Gasteiger partial charge < -0.3 is 34.0 Å². The van der Waals surface area contributed by atoms with Crippen LogP contribution in [0.5, 0.6) is 0 Å². The molecule has 3 amide bonds. The normalized spacial score (nSPS) is 25.8. The van der Waals surface area contributed by atoms with Crippen molar-refractivity contribution in [3.63, 3.8) is 0 Å². The summed E-state index contributed by atoms with van der Waals surface area (Å²) in [7, 11) is 4.83. The van der Waals surface area contributed by atoms with Crippen LogP contribution in [0, 0.1) is 65.1 Å². The molecule has 410 valence electrons. The number of carboxylic acids is 1. The minimum Gasteiger partial charge on any atom is -0.481 e. The molecule has 14 atom stereocenters. The Kier molecular flexibility index (Phi) is 22.2.